The van der Waals surface area contributed by atoms with Gasteiger partial charge in [0.15, 0.2) is 11.5 Å². The second-order valence-corrected chi connectivity index (χ2v) is 5.43. The summed E-state index contributed by atoms with van der Waals surface area (Å²) < 4.78 is 40.4. The largest absolute Gasteiger partial charge is 0.435 e. The van der Waals surface area contributed by atoms with Crippen LogP contribution < -0.4 is 0 Å². The van der Waals surface area contributed by atoms with Crippen LogP contribution in [0.2, 0.25) is 0 Å². The zero-order chi connectivity index (χ0) is 16.6. The number of amides is 1. The first-order valence-corrected chi connectivity index (χ1v) is 7.10. The van der Waals surface area contributed by atoms with E-state index in [4.69, 9.17) is 0 Å². The third-order valence-electron chi connectivity index (χ3n) is 3.72. The number of alkyl halides is 3. The molecule has 7 nitrogen and oxygen atoms in total. The lowest BCUT2D eigenvalue weighted by molar-refractivity contribution is -0.142. The summed E-state index contributed by atoms with van der Waals surface area (Å²) in [6.45, 7) is 0.834. The number of aromatic nitrogens is 5. The molecule has 2 aromatic rings. The molecule has 124 valence electrons. The summed E-state index contributed by atoms with van der Waals surface area (Å²) in [7, 11) is 1.58. The Labute approximate surface area is 129 Å². The zero-order valence-corrected chi connectivity index (χ0v) is 12.4. The molecule has 0 saturated carbocycles. The van der Waals surface area contributed by atoms with Crippen LogP contribution in [0.4, 0.5) is 13.2 Å². The zero-order valence-electron chi connectivity index (χ0n) is 12.4. The van der Waals surface area contributed by atoms with Crippen molar-refractivity contribution in [3.63, 3.8) is 0 Å². The van der Waals surface area contributed by atoms with Crippen LogP contribution in [0, 0.1) is 0 Å². The first-order chi connectivity index (χ1) is 10.8. The number of hydrogen-bond acceptors (Lipinski definition) is 4. The Morgan fingerprint density at radius 2 is 2.17 bits per heavy atom. The Morgan fingerprint density at radius 3 is 2.87 bits per heavy atom. The van der Waals surface area contributed by atoms with Crippen molar-refractivity contribution in [3.05, 3.63) is 29.6 Å². The predicted octanol–water partition coefficient (Wildman–Crippen LogP) is 1.10. The summed E-state index contributed by atoms with van der Waals surface area (Å²) in [5.74, 6) is 1.24. The van der Waals surface area contributed by atoms with Gasteiger partial charge in [0.1, 0.15) is 12.4 Å². The Kier molecular flexibility index (Phi) is 3.82. The lowest BCUT2D eigenvalue weighted by atomic mass is 10.4. The van der Waals surface area contributed by atoms with Crippen LogP contribution in [0.25, 0.3) is 0 Å². The minimum absolute atomic E-state index is 0.256. The first-order valence-electron chi connectivity index (χ1n) is 7.10. The summed E-state index contributed by atoms with van der Waals surface area (Å²) in [4.78, 5) is 13.5. The van der Waals surface area contributed by atoms with Gasteiger partial charge in [0, 0.05) is 26.2 Å². The molecule has 0 bridgehead atoms. The first kappa shape index (κ1) is 15.5. The molecule has 0 spiro atoms. The number of fused-ring (bicyclic) bond motifs is 1. The second kappa shape index (κ2) is 5.67. The predicted molar refractivity (Wildman–Crippen MR) is 72.0 cm³/mol. The van der Waals surface area contributed by atoms with Gasteiger partial charge >= 0.3 is 6.18 Å². The van der Waals surface area contributed by atoms with Crippen molar-refractivity contribution in [2.45, 2.75) is 38.7 Å². The molecule has 1 amide bonds. The van der Waals surface area contributed by atoms with Crippen molar-refractivity contribution in [3.8, 4) is 0 Å². The number of rotatable bonds is 4. The molecule has 1 aliphatic rings. The topological polar surface area (TPSA) is 68.8 Å². The van der Waals surface area contributed by atoms with E-state index in [1.807, 2.05) is 4.57 Å². The van der Waals surface area contributed by atoms with Crippen LogP contribution in [-0.2, 0) is 37.0 Å². The molecule has 0 fully saturated rings. The number of hydrogen-bond donors (Lipinski definition) is 0. The van der Waals surface area contributed by atoms with Crippen molar-refractivity contribution in [1.82, 2.24) is 29.4 Å². The lowest BCUT2D eigenvalue weighted by Crippen LogP contribution is -2.31. The highest BCUT2D eigenvalue weighted by Gasteiger charge is 2.33. The maximum atomic E-state index is 12.5. The highest BCUT2D eigenvalue weighted by molar-refractivity contribution is 5.75. The van der Waals surface area contributed by atoms with E-state index in [0.717, 1.165) is 42.2 Å². The van der Waals surface area contributed by atoms with Gasteiger partial charge in [-0.15, -0.1) is 10.2 Å². The fourth-order valence-corrected chi connectivity index (χ4v) is 2.49. The monoisotopic (exact) mass is 328 g/mol. The second-order valence-electron chi connectivity index (χ2n) is 5.43. The lowest BCUT2D eigenvalue weighted by Gasteiger charge is -2.16. The van der Waals surface area contributed by atoms with Gasteiger partial charge in [-0.2, -0.15) is 18.3 Å². The maximum absolute atomic E-state index is 12.5. The van der Waals surface area contributed by atoms with Crippen LogP contribution in [0.15, 0.2) is 12.3 Å². The maximum Gasteiger partial charge on any atom is 0.435 e. The average molecular weight is 328 g/mol. The molecule has 0 unspecified atom stereocenters. The van der Waals surface area contributed by atoms with E-state index in [9.17, 15) is 18.0 Å². The van der Waals surface area contributed by atoms with Crippen molar-refractivity contribution in [2.75, 3.05) is 7.05 Å². The SMILES string of the molecule is CN(Cc1nnc2n1CCC2)C(=O)Cn1ccc(C(F)(F)F)n1. The number of halogens is 3. The number of nitrogens with zero attached hydrogens (tertiary/aromatic N) is 6. The van der Waals surface area contributed by atoms with Crippen molar-refractivity contribution in [1.29, 1.82) is 0 Å². The molecular formula is C13H15F3N6O. The van der Waals surface area contributed by atoms with Crippen LogP contribution in [0.5, 0.6) is 0 Å². The molecule has 0 aromatic carbocycles. The summed E-state index contributed by atoms with van der Waals surface area (Å²) in [6.07, 6.45) is -1.49. The summed E-state index contributed by atoms with van der Waals surface area (Å²) in [6, 6.07) is 0.846. The average Bonchev–Trinajstić information content (AvgIpc) is 3.15. The van der Waals surface area contributed by atoms with Gasteiger partial charge in [0.25, 0.3) is 0 Å². The molecule has 0 N–H and O–H groups in total. The van der Waals surface area contributed by atoms with Crippen LogP contribution in [0.1, 0.15) is 23.8 Å². The van der Waals surface area contributed by atoms with E-state index in [1.54, 1.807) is 7.05 Å². The van der Waals surface area contributed by atoms with E-state index in [1.165, 1.54) is 4.90 Å². The molecule has 0 radical (unpaired) electrons. The number of carbonyl (C=O) groups excluding carboxylic acids is 1. The van der Waals surface area contributed by atoms with Crippen LogP contribution in [-0.4, -0.2) is 42.4 Å². The van der Waals surface area contributed by atoms with E-state index in [2.05, 4.69) is 15.3 Å². The van der Waals surface area contributed by atoms with E-state index >= 15 is 0 Å². The smallest absolute Gasteiger partial charge is 0.337 e. The summed E-state index contributed by atoms with van der Waals surface area (Å²) >= 11 is 0. The standard InChI is InChI=1S/C13H15F3N6O/c1-20(7-11-18-17-10-3-2-5-22(10)11)12(23)8-21-6-4-9(19-21)13(14,15)16/h4,6H,2-3,5,7-8H2,1H3. The Hall–Kier alpha value is -2.39. The van der Waals surface area contributed by atoms with Gasteiger partial charge in [-0.25, -0.2) is 0 Å². The molecule has 3 rings (SSSR count). The van der Waals surface area contributed by atoms with Gasteiger partial charge in [0.2, 0.25) is 5.91 Å². The van der Waals surface area contributed by atoms with Gasteiger partial charge in [-0.05, 0) is 12.5 Å². The molecule has 23 heavy (non-hydrogen) atoms. The van der Waals surface area contributed by atoms with Gasteiger partial charge in [0.05, 0.1) is 6.54 Å². The fourth-order valence-electron chi connectivity index (χ4n) is 2.49. The molecular weight excluding hydrogens is 313 g/mol. The minimum atomic E-state index is -4.51. The molecule has 0 aliphatic carbocycles. The fraction of sp³-hybridized carbons (Fsp3) is 0.538. The van der Waals surface area contributed by atoms with Crippen molar-refractivity contribution < 1.29 is 18.0 Å². The van der Waals surface area contributed by atoms with Crippen LogP contribution >= 0.6 is 0 Å². The Morgan fingerprint density at radius 1 is 1.39 bits per heavy atom. The van der Waals surface area contributed by atoms with E-state index in [0.29, 0.717) is 5.82 Å². The van der Waals surface area contributed by atoms with Crippen molar-refractivity contribution in [2.24, 2.45) is 0 Å². The van der Waals surface area contributed by atoms with Gasteiger partial charge < -0.3 is 9.47 Å². The molecule has 0 atom stereocenters. The number of carbonyl (C=O) groups is 1. The Balaban J connectivity index is 1.62. The summed E-state index contributed by atoms with van der Waals surface area (Å²) in [5.41, 5.74) is -1.01. The molecule has 10 heteroatoms. The summed E-state index contributed by atoms with van der Waals surface area (Å²) in [5, 5.41) is 11.5. The third kappa shape index (κ3) is 3.20. The van der Waals surface area contributed by atoms with Gasteiger partial charge in [-0.1, -0.05) is 0 Å². The van der Waals surface area contributed by atoms with E-state index < -0.39 is 11.9 Å². The number of likely N-dealkylation sites (N-methyl/N-ethyl adjacent to an activating group) is 1. The van der Waals surface area contributed by atoms with E-state index in [-0.39, 0.29) is 19.0 Å². The quantitative estimate of drug-likeness (QED) is 0.843. The molecule has 1 aliphatic heterocycles. The Bertz CT molecular complexity index is 720. The highest BCUT2D eigenvalue weighted by Crippen LogP contribution is 2.27. The van der Waals surface area contributed by atoms with Crippen LogP contribution in [0.3, 0.4) is 0 Å². The van der Waals surface area contributed by atoms with Crippen molar-refractivity contribution >= 4 is 5.91 Å². The number of aryl methyl sites for hydroxylation is 1. The normalized spacial score (nSPS) is 14.1. The molecule has 2 aromatic heterocycles. The molecule has 0 saturated heterocycles. The highest BCUT2D eigenvalue weighted by atomic mass is 19.4. The minimum Gasteiger partial charge on any atom is -0.337 e. The molecule has 3 heterocycles. The van der Waals surface area contributed by atoms with Gasteiger partial charge in [-0.3, -0.25) is 9.48 Å². The third-order valence-corrected chi connectivity index (χ3v) is 3.72.